The Hall–Kier alpha value is 0.120. The van der Waals surface area contributed by atoms with Crippen molar-refractivity contribution in [2.75, 3.05) is 38.9 Å². The van der Waals surface area contributed by atoms with E-state index in [0.29, 0.717) is 0 Å². The van der Waals surface area contributed by atoms with Crippen LogP contribution in [0.25, 0.3) is 0 Å². The Balaban J connectivity index is 2.29. The second kappa shape index (κ2) is 7.67. The van der Waals surface area contributed by atoms with E-state index in [2.05, 4.69) is 8.37 Å². The largest absolute Gasteiger partial charge is 0.345 e. The van der Waals surface area contributed by atoms with Gasteiger partial charge < -0.3 is 9.05 Å². The predicted octanol–water partition coefficient (Wildman–Crippen LogP) is 1.28. The molecular formula is C12H24O12P2S2. The molecule has 0 aromatic rings. The first kappa shape index (κ1) is 24.4. The topological polar surface area (TPSA) is 158 Å². The lowest BCUT2D eigenvalue weighted by Crippen LogP contribution is -2.36. The molecule has 16 heteroatoms. The zero-order valence-corrected chi connectivity index (χ0v) is 19.4. The third kappa shape index (κ3) is 5.23. The van der Waals surface area contributed by atoms with Crippen molar-refractivity contribution in [2.45, 2.75) is 37.4 Å². The molecule has 166 valence electrons. The molecule has 0 radical (unpaired) electrons. The van der Waals surface area contributed by atoms with E-state index in [4.69, 9.17) is 18.1 Å². The SMILES string of the molecule is COP(=O)(OC1(C)COS(=O)(=O)C1)C(C)P(=O)(OC)OC1(C)COS(=O)(=O)C1. The molecule has 2 saturated heterocycles. The van der Waals surface area contributed by atoms with Crippen LogP contribution in [0.2, 0.25) is 0 Å². The van der Waals surface area contributed by atoms with Gasteiger partial charge in [0.05, 0.1) is 13.2 Å². The molecule has 0 N–H and O–H groups in total. The van der Waals surface area contributed by atoms with E-state index in [-0.39, 0.29) is 0 Å². The maximum atomic E-state index is 13.3. The average molecular weight is 486 g/mol. The van der Waals surface area contributed by atoms with Crippen LogP contribution in [0.4, 0.5) is 0 Å². The van der Waals surface area contributed by atoms with Crippen LogP contribution in [0, 0.1) is 0 Å². The van der Waals surface area contributed by atoms with Crippen LogP contribution < -0.4 is 0 Å². The molecular weight excluding hydrogens is 462 g/mol. The predicted molar refractivity (Wildman–Crippen MR) is 97.2 cm³/mol. The van der Waals surface area contributed by atoms with Crippen molar-refractivity contribution < 1.29 is 52.4 Å². The molecule has 2 aliphatic rings. The molecule has 4 atom stereocenters. The van der Waals surface area contributed by atoms with Gasteiger partial charge in [0.25, 0.3) is 20.2 Å². The normalized spacial score (nSPS) is 37.2. The van der Waals surface area contributed by atoms with Gasteiger partial charge in [-0.1, -0.05) is 0 Å². The third-order valence-corrected chi connectivity index (χ3v) is 13.0. The van der Waals surface area contributed by atoms with E-state index in [1.165, 1.54) is 20.8 Å². The highest BCUT2D eigenvalue weighted by Crippen LogP contribution is 2.72. The first-order valence-electron chi connectivity index (χ1n) is 7.98. The molecule has 0 spiro atoms. The highest BCUT2D eigenvalue weighted by molar-refractivity contribution is 7.87. The lowest BCUT2D eigenvalue weighted by atomic mass is 10.2. The highest BCUT2D eigenvalue weighted by Gasteiger charge is 2.56. The Morgan fingerprint density at radius 1 is 0.821 bits per heavy atom. The summed E-state index contributed by atoms with van der Waals surface area (Å²) < 4.78 is 103. The van der Waals surface area contributed by atoms with Crippen LogP contribution in [-0.2, 0) is 55.8 Å². The van der Waals surface area contributed by atoms with Crippen molar-refractivity contribution >= 4 is 35.4 Å². The van der Waals surface area contributed by atoms with Gasteiger partial charge in [0, 0.05) is 14.2 Å². The van der Waals surface area contributed by atoms with Crippen molar-refractivity contribution in [3.63, 3.8) is 0 Å². The maximum absolute atomic E-state index is 13.3. The summed E-state index contributed by atoms with van der Waals surface area (Å²) >= 11 is 0. The molecule has 12 nitrogen and oxygen atoms in total. The van der Waals surface area contributed by atoms with Gasteiger partial charge in [-0.2, -0.15) is 16.8 Å². The summed E-state index contributed by atoms with van der Waals surface area (Å²) in [6, 6.07) is 0. The Kier molecular flexibility index (Phi) is 6.68. The van der Waals surface area contributed by atoms with E-state index in [0.717, 1.165) is 14.2 Å². The van der Waals surface area contributed by atoms with Crippen LogP contribution >= 0.6 is 15.2 Å². The molecule has 0 amide bonds. The minimum atomic E-state index is -4.27. The Bertz CT molecular complexity index is 841. The number of hydrogen-bond acceptors (Lipinski definition) is 12. The van der Waals surface area contributed by atoms with Crippen molar-refractivity contribution in [3.05, 3.63) is 0 Å². The average Bonchev–Trinajstić information content (AvgIpc) is 2.99. The second-order valence-corrected chi connectivity index (χ2v) is 15.6. The van der Waals surface area contributed by atoms with Gasteiger partial charge in [-0.25, -0.2) is 0 Å². The van der Waals surface area contributed by atoms with Crippen LogP contribution in [-0.4, -0.2) is 72.4 Å². The van der Waals surface area contributed by atoms with Crippen molar-refractivity contribution in [1.82, 2.24) is 0 Å². The molecule has 0 aromatic carbocycles. The molecule has 2 heterocycles. The van der Waals surface area contributed by atoms with Gasteiger partial charge in [0.1, 0.15) is 22.7 Å². The molecule has 2 fully saturated rings. The zero-order valence-electron chi connectivity index (χ0n) is 16.0. The van der Waals surface area contributed by atoms with E-state index in [1.807, 2.05) is 0 Å². The maximum Gasteiger partial charge on any atom is 0.345 e. The molecule has 0 saturated carbocycles. The summed E-state index contributed by atoms with van der Waals surface area (Å²) in [6.45, 7) is 3.12. The third-order valence-electron chi connectivity index (χ3n) is 4.17. The lowest BCUT2D eigenvalue weighted by molar-refractivity contribution is 0.0544. The van der Waals surface area contributed by atoms with Crippen LogP contribution in [0.15, 0.2) is 0 Å². The molecule has 0 aliphatic carbocycles. The quantitative estimate of drug-likeness (QED) is 0.358. The molecule has 0 aromatic heterocycles. The van der Waals surface area contributed by atoms with Gasteiger partial charge in [-0.3, -0.25) is 26.5 Å². The van der Waals surface area contributed by atoms with Crippen LogP contribution in [0.1, 0.15) is 20.8 Å². The fourth-order valence-electron chi connectivity index (χ4n) is 2.77. The standard InChI is InChI=1S/C12H24O12P2S2/c1-10(25(13,19-4)23-11(2)6-21-27(15,16)8-11)26(14,20-5)24-12(3)7-22-28(17,18)9-12/h10H,6-9H2,1-5H3. The van der Waals surface area contributed by atoms with E-state index >= 15 is 0 Å². The first-order valence-corrected chi connectivity index (χ1v) is 14.4. The number of rotatable bonds is 8. The lowest BCUT2D eigenvalue weighted by Gasteiger charge is -2.35. The Labute approximate surface area is 164 Å². The van der Waals surface area contributed by atoms with Crippen LogP contribution in [0.5, 0.6) is 0 Å². The van der Waals surface area contributed by atoms with E-state index in [1.54, 1.807) is 0 Å². The van der Waals surface area contributed by atoms with Crippen molar-refractivity contribution in [2.24, 2.45) is 0 Å². The zero-order chi connectivity index (χ0) is 21.6. The van der Waals surface area contributed by atoms with E-state index < -0.39 is 76.7 Å². The smallest absolute Gasteiger partial charge is 0.311 e. The molecule has 2 rings (SSSR count). The van der Waals surface area contributed by atoms with Gasteiger partial charge in [0.2, 0.25) is 0 Å². The van der Waals surface area contributed by atoms with Gasteiger partial charge in [0.15, 0.2) is 5.40 Å². The van der Waals surface area contributed by atoms with Crippen molar-refractivity contribution in [1.29, 1.82) is 0 Å². The molecule has 28 heavy (non-hydrogen) atoms. The van der Waals surface area contributed by atoms with Gasteiger partial charge in [-0.05, 0) is 20.8 Å². The van der Waals surface area contributed by atoms with E-state index in [9.17, 15) is 26.0 Å². The monoisotopic (exact) mass is 486 g/mol. The fourth-order valence-corrected chi connectivity index (χ4v) is 10.5. The summed E-state index contributed by atoms with van der Waals surface area (Å²) in [5, 5.41) is -1.50. The minimum Gasteiger partial charge on any atom is -0.311 e. The van der Waals surface area contributed by atoms with Gasteiger partial charge in [-0.15, -0.1) is 0 Å². The Morgan fingerprint density at radius 3 is 1.36 bits per heavy atom. The summed E-state index contributed by atoms with van der Waals surface area (Å²) in [4.78, 5) is 0. The van der Waals surface area contributed by atoms with Crippen molar-refractivity contribution in [3.8, 4) is 0 Å². The highest BCUT2D eigenvalue weighted by atomic mass is 32.2. The minimum absolute atomic E-state index is 0.405. The first-order chi connectivity index (χ1) is 12.5. The Morgan fingerprint density at radius 2 is 1.14 bits per heavy atom. The summed E-state index contributed by atoms with van der Waals surface area (Å²) in [5.41, 5.74) is -3.03. The fraction of sp³-hybridized carbons (Fsp3) is 1.00. The molecule has 0 bridgehead atoms. The van der Waals surface area contributed by atoms with Crippen LogP contribution in [0.3, 0.4) is 0 Å². The molecule has 4 unspecified atom stereocenters. The van der Waals surface area contributed by atoms with Gasteiger partial charge >= 0.3 is 15.2 Å². The summed E-state index contributed by atoms with van der Waals surface area (Å²) in [7, 11) is -14.2. The second-order valence-electron chi connectivity index (χ2n) is 7.09. The summed E-state index contributed by atoms with van der Waals surface area (Å²) in [5.74, 6) is -1.16. The number of hydrogen-bond donors (Lipinski definition) is 0. The molecule has 2 aliphatic heterocycles. The summed E-state index contributed by atoms with van der Waals surface area (Å²) in [6.07, 6.45) is 0.